The summed E-state index contributed by atoms with van der Waals surface area (Å²) in [6.07, 6.45) is 4.06. The maximum absolute atomic E-state index is 12.4. The minimum absolute atomic E-state index is 0.113. The molecule has 4 nitrogen and oxygen atoms in total. The molecule has 0 aromatic heterocycles. The number of carbonyl (C=O) groups excluding carboxylic acids is 1. The Balaban J connectivity index is 1.29. The van der Waals surface area contributed by atoms with Gasteiger partial charge in [-0.15, -0.1) is 0 Å². The molecule has 2 aromatic carbocycles. The van der Waals surface area contributed by atoms with Gasteiger partial charge in [0.15, 0.2) is 0 Å². The summed E-state index contributed by atoms with van der Waals surface area (Å²) in [6.45, 7) is 1.80. The highest BCUT2D eigenvalue weighted by molar-refractivity contribution is 5.79. The number of hydrogen-bond donors (Lipinski definition) is 1. The first-order valence-corrected chi connectivity index (χ1v) is 9.48. The standard InChI is InChI=1S/C22H26N2O2/c1-26-21-4-2-3-20(14-21)24-12-11-19(15-24)23-22(25)13-16-5-7-17(8-6-16)18-9-10-18/h2-8,14,18-19H,9-13,15H2,1H3,(H,23,25). The lowest BCUT2D eigenvalue weighted by Gasteiger charge is -2.19. The van der Waals surface area contributed by atoms with Crippen LogP contribution in [-0.4, -0.2) is 32.1 Å². The maximum Gasteiger partial charge on any atom is 0.224 e. The minimum atomic E-state index is 0.113. The largest absolute Gasteiger partial charge is 0.497 e. The number of nitrogens with zero attached hydrogens (tertiary/aromatic N) is 1. The van der Waals surface area contributed by atoms with Gasteiger partial charge in [0.05, 0.1) is 13.5 Å². The van der Waals surface area contributed by atoms with Crippen molar-refractivity contribution >= 4 is 11.6 Å². The van der Waals surface area contributed by atoms with E-state index in [-0.39, 0.29) is 11.9 Å². The van der Waals surface area contributed by atoms with Crippen molar-refractivity contribution in [3.8, 4) is 5.75 Å². The van der Waals surface area contributed by atoms with Crippen molar-refractivity contribution < 1.29 is 9.53 Å². The topological polar surface area (TPSA) is 41.6 Å². The third kappa shape index (κ3) is 4.01. The molecular formula is C22H26N2O2. The maximum atomic E-state index is 12.4. The van der Waals surface area contributed by atoms with E-state index in [9.17, 15) is 4.79 Å². The molecule has 1 unspecified atom stereocenters. The molecule has 1 amide bonds. The summed E-state index contributed by atoms with van der Waals surface area (Å²) in [6, 6.07) is 16.9. The van der Waals surface area contributed by atoms with Crippen LogP contribution in [0.25, 0.3) is 0 Å². The molecule has 2 fully saturated rings. The van der Waals surface area contributed by atoms with Crippen molar-refractivity contribution in [3.63, 3.8) is 0 Å². The zero-order valence-electron chi connectivity index (χ0n) is 15.3. The van der Waals surface area contributed by atoms with Crippen LogP contribution in [0.2, 0.25) is 0 Å². The van der Waals surface area contributed by atoms with Gasteiger partial charge in [-0.05, 0) is 48.4 Å². The summed E-state index contributed by atoms with van der Waals surface area (Å²) in [4.78, 5) is 14.7. The zero-order valence-corrected chi connectivity index (χ0v) is 15.3. The van der Waals surface area contributed by atoms with E-state index < -0.39 is 0 Å². The van der Waals surface area contributed by atoms with Gasteiger partial charge >= 0.3 is 0 Å². The number of anilines is 1. The predicted octanol–water partition coefficient (Wildman–Crippen LogP) is 3.51. The van der Waals surface area contributed by atoms with E-state index >= 15 is 0 Å². The van der Waals surface area contributed by atoms with E-state index in [0.717, 1.165) is 42.4 Å². The van der Waals surface area contributed by atoms with Crippen LogP contribution in [0, 0.1) is 0 Å². The molecule has 0 bridgehead atoms. The number of hydrogen-bond acceptors (Lipinski definition) is 3. The SMILES string of the molecule is COc1cccc(N2CCC(NC(=O)Cc3ccc(C4CC4)cc3)C2)c1. The lowest BCUT2D eigenvalue weighted by atomic mass is 10.1. The third-order valence-corrected chi connectivity index (χ3v) is 5.36. The van der Waals surface area contributed by atoms with E-state index in [1.165, 1.54) is 18.4 Å². The molecule has 4 heteroatoms. The second kappa shape index (κ2) is 7.40. The molecule has 2 aliphatic rings. The summed E-state index contributed by atoms with van der Waals surface area (Å²) in [5.41, 5.74) is 3.66. The van der Waals surface area contributed by atoms with E-state index in [0.29, 0.717) is 6.42 Å². The number of ether oxygens (including phenoxy) is 1. The molecule has 4 rings (SSSR count). The van der Waals surface area contributed by atoms with E-state index in [2.05, 4.69) is 40.5 Å². The fourth-order valence-corrected chi connectivity index (χ4v) is 3.71. The number of benzene rings is 2. The van der Waals surface area contributed by atoms with E-state index in [1.807, 2.05) is 18.2 Å². The molecule has 1 saturated heterocycles. The summed E-state index contributed by atoms with van der Waals surface area (Å²) in [5, 5.41) is 3.19. The van der Waals surface area contributed by atoms with Crippen LogP contribution in [0.5, 0.6) is 5.75 Å². The Hall–Kier alpha value is -2.49. The average molecular weight is 350 g/mol. The fraction of sp³-hybridized carbons (Fsp3) is 0.409. The van der Waals surface area contributed by atoms with Crippen LogP contribution in [0.4, 0.5) is 5.69 Å². The molecule has 136 valence electrons. The van der Waals surface area contributed by atoms with Crippen molar-refractivity contribution in [2.24, 2.45) is 0 Å². The molecule has 1 heterocycles. The third-order valence-electron chi connectivity index (χ3n) is 5.36. The van der Waals surface area contributed by atoms with Gasteiger partial charge in [-0.2, -0.15) is 0 Å². The summed E-state index contributed by atoms with van der Waals surface area (Å²) in [7, 11) is 1.68. The molecule has 1 aliphatic heterocycles. The molecule has 1 N–H and O–H groups in total. The number of methoxy groups -OCH3 is 1. The number of nitrogens with one attached hydrogen (secondary N) is 1. The van der Waals surface area contributed by atoms with Crippen molar-refractivity contribution in [2.45, 2.75) is 37.6 Å². The minimum Gasteiger partial charge on any atom is -0.497 e. The Morgan fingerprint density at radius 1 is 1.15 bits per heavy atom. The van der Waals surface area contributed by atoms with Crippen LogP contribution in [0.1, 0.15) is 36.3 Å². The van der Waals surface area contributed by atoms with Crippen molar-refractivity contribution in [1.29, 1.82) is 0 Å². The molecular weight excluding hydrogens is 324 g/mol. The first-order chi connectivity index (χ1) is 12.7. The summed E-state index contributed by atoms with van der Waals surface area (Å²) < 4.78 is 5.30. The Morgan fingerprint density at radius 2 is 1.96 bits per heavy atom. The van der Waals surface area contributed by atoms with Gasteiger partial charge in [0.2, 0.25) is 5.91 Å². The molecule has 0 radical (unpaired) electrons. The molecule has 2 aromatic rings. The van der Waals surface area contributed by atoms with Gasteiger partial charge in [0.25, 0.3) is 0 Å². The van der Waals surface area contributed by atoms with E-state index in [1.54, 1.807) is 7.11 Å². The zero-order chi connectivity index (χ0) is 17.9. The number of rotatable bonds is 6. The lowest BCUT2D eigenvalue weighted by Crippen LogP contribution is -2.37. The highest BCUT2D eigenvalue weighted by Gasteiger charge is 2.25. The number of amides is 1. The van der Waals surface area contributed by atoms with Gasteiger partial charge in [0.1, 0.15) is 5.75 Å². The molecule has 1 aliphatic carbocycles. The van der Waals surface area contributed by atoms with Crippen LogP contribution in [0.15, 0.2) is 48.5 Å². The lowest BCUT2D eigenvalue weighted by molar-refractivity contribution is -0.121. The van der Waals surface area contributed by atoms with Crippen molar-refractivity contribution in [3.05, 3.63) is 59.7 Å². The van der Waals surface area contributed by atoms with Gasteiger partial charge in [-0.3, -0.25) is 4.79 Å². The Kier molecular flexibility index (Phi) is 4.83. The van der Waals surface area contributed by atoms with Crippen LogP contribution in [0.3, 0.4) is 0 Å². The molecule has 0 spiro atoms. The molecule has 1 saturated carbocycles. The van der Waals surface area contributed by atoms with Gasteiger partial charge < -0.3 is 15.0 Å². The van der Waals surface area contributed by atoms with Crippen LogP contribution < -0.4 is 15.0 Å². The number of carbonyl (C=O) groups is 1. The Morgan fingerprint density at radius 3 is 2.69 bits per heavy atom. The van der Waals surface area contributed by atoms with Gasteiger partial charge in [-0.25, -0.2) is 0 Å². The molecule has 26 heavy (non-hydrogen) atoms. The first kappa shape index (κ1) is 17.0. The first-order valence-electron chi connectivity index (χ1n) is 9.48. The smallest absolute Gasteiger partial charge is 0.224 e. The van der Waals surface area contributed by atoms with Gasteiger partial charge in [-0.1, -0.05) is 30.3 Å². The van der Waals surface area contributed by atoms with Crippen LogP contribution in [-0.2, 0) is 11.2 Å². The second-order valence-corrected chi connectivity index (χ2v) is 7.39. The van der Waals surface area contributed by atoms with E-state index in [4.69, 9.17) is 4.74 Å². The summed E-state index contributed by atoms with van der Waals surface area (Å²) in [5.74, 6) is 1.74. The quantitative estimate of drug-likeness (QED) is 0.867. The summed E-state index contributed by atoms with van der Waals surface area (Å²) >= 11 is 0. The Labute approximate surface area is 155 Å². The second-order valence-electron chi connectivity index (χ2n) is 7.39. The fourth-order valence-electron chi connectivity index (χ4n) is 3.71. The normalized spacial score (nSPS) is 19.4. The van der Waals surface area contributed by atoms with Crippen molar-refractivity contribution in [2.75, 3.05) is 25.1 Å². The monoisotopic (exact) mass is 350 g/mol. The predicted molar refractivity (Wildman–Crippen MR) is 104 cm³/mol. The van der Waals surface area contributed by atoms with Gasteiger partial charge in [0, 0.05) is 30.9 Å². The van der Waals surface area contributed by atoms with Crippen molar-refractivity contribution in [1.82, 2.24) is 5.32 Å². The molecule has 1 atom stereocenters. The Bertz CT molecular complexity index is 768. The highest BCUT2D eigenvalue weighted by Crippen LogP contribution is 2.39. The average Bonchev–Trinajstić information content (AvgIpc) is 3.41. The highest BCUT2D eigenvalue weighted by atomic mass is 16.5. The van der Waals surface area contributed by atoms with Crippen LogP contribution >= 0.6 is 0 Å².